The average molecular weight is 1240 g/mol. The molecule has 4 fully saturated rings. The second kappa shape index (κ2) is 31.7. The van der Waals surface area contributed by atoms with Crippen LogP contribution in [0.1, 0.15) is 109 Å². The van der Waals surface area contributed by atoms with E-state index in [0.717, 1.165) is 58.9 Å². The number of sulfonamides is 2. The van der Waals surface area contributed by atoms with E-state index < -0.39 is 100 Å². The lowest BCUT2D eigenvalue weighted by Crippen LogP contribution is -2.37. The van der Waals surface area contributed by atoms with Crippen molar-refractivity contribution in [2.75, 3.05) is 26.4 Å². The van der Waals surface area contributed by atoms with E-state index >= 15 is 0 Å². The van der Waals surface area contributed by atoms with Crippen LogP contribution >= 0.6 is 0 Å². The van der Waals surface area contributed by atoms with Gasteiger partial charge in [0.25, 0.3) is 0 Å². The fourth-order valence-corrected chi connectivity index (χ4v) is 12.9. The van der Waals surface area contributed by atoms with Crippen molar-refractivity contribution in [3.63, 3.8) is 0 Å². The lowest BCUT2D eigenvalue weighted by molar-refractivity contribution is -0.162. The standard InChI is InChI=1S/C19H21F3O3.C17H15F3O3.C12H21NO4S.C10H15NO4S.F2/c1-3-13(2)14-4-5-16-11-17(7-6-15(16)10-14)25-12-18(23)24-9-8-19(20,21)22;1-2-12-3-4-14-10-15(6-5-13(14)9-12)23-11-16(21)22-8-7-17(18,19)20;1-3-7(2)12(14)17-10-5-9-4-8(10)6-11(9)18(13,15)16;1-2-10(12)15-8-4-7-3-6(8)5-9(7)16(11,13)14;1-2/h4-7,10-11,13H,3,8-9,12H2,1-2H3;2-6,9-10H,1,7-8,11H2;7-11H,3-6H2,1-2H3,(H2,13,15,16);2,6-9H,1,3-5H2,(H2,11,13,14);. The summed E-state index contributed by atoms with van der Waals surface area (Å²) in [5.41, 5.74) is 2.25. The van der Waals surface area contributed by atoms with Crippen molar-refractivity contribution in [1.82, 2.24) is 0 Å². The van der Waals surface area contributed by atoms with Crippen LogP contribution in [0.5, 0.6) is 11.5 Å². The Morgan fingerprint density at radius 2 is 1.02 bits per heavy atom. The normalized spacial score (nSPS) is 21.9. The van der Waals surface area contributed by atoms with Crippen molar-refractivity contribution in [3.8, 4) is 11.5 Å². The molecule has 4 aliphatic rings. The molecule has 8 rings (SSSR count). The first-order valence-corrected chi connectivity index (χ1v) is 30.2. The minimum atomic E-state index is -4.34. The zero-order chi connectivity index (χ0) is 62.7. The Morgan fingerprint density at radius 3 is 1.42 bits per heavy atom. The minimum Gasteiger partial charge on any atom is -0.482 e. The molecule has 4 aliphatic carbocycles. The van der Waals surface area contributed by atoms with Crippen LogP contribution in [-0.4, -0.2) is 102 Å². The molecule has 16 nitrogen and oxygen atoms in total. The molecule has 4 aromatic carbocycles. The second-order valence-corrected chi connectivity index (χ2v) is 24.5. The second-order valence-electron chi connectivity index (χ2n) is 21.0. The third-order valence-corrected chi connectivity index (χ3v) is 18.0. The summed E-state index contributed by atoms with van der Waals surface area (Å²) in [4.78, 5) is 45.5. The van der Waals surface area contributed by atoms with E-state index in [1.165, 1.54) is 5.56 Å². The van der Waals surface area contributed by atoms with Gasteiger partial charge in [-0.2, -0.15) is 26.3 Å². The van der Waals surface area contributed by atoms with Gasteiger partial charge in [0, 0.05) is 15.2 Å². The Hall–Kier alpha value is -6.38. The van der Waals surface area contributed by atoms with E-state index in [1.54, 1.807) is 30.3 Å². The van der Waals surface area contributed by atoms with Gasteiger partial charge < -0.3 is 28.4 Å². The van der Waals surface area contributed by atoms with Crippen molar-refractivity contribution >= 4 is 71.5 Å². The first-order chi connectivity index (χ1) is 39.4. The highest BCUT2D eigenvalue weighted by Crippen LogP contribution is 2.49. The third kappa shape index (κ3) is 22.2. The van der Waals surface area contributed by atoms with Gasteiger partial charge in [0.2, 0.25) is 20.0 Å². The summed E-state index contributed by atoms with van der Waals surface area (Å²) in [6.45, 7) is 12.9. The molecule has 0 radical (unpaired) electrons. The number of fused-ring (bicyclic) bond motifs is 6. The molecule has 0 saturated heterocycles. The number of alkyl halides is 6. The number of esters is 4. The highest BCUT2D eigenvalue weighted by Gasteiger charge is 2.52. The molecule has 84 heavy (non-hydrogen) atoms. The Balaban J connectivity index is 0.000000241. The van der Waals surface area contributed by atoms with Gasteiger partial charge in [-0.3, -0.25) is 4.79 Å². The maximum Gasteiger partial charge on any atom is 0.392 e. The molecule has 0 aliphatic heterocycles. The third-order valence-electron chi connectivity index (χ3n) is 15.1. The number of rotatable bonds is 20. The Morgan fingerprint density at radius 1 is 0.595 bits per heavy atom. The van der Waals surface area contributed by atoms with E-state index in [4.69, 9.17) is 38.4 Å². The molecular formula is C58H72F8N2O14S2. The number of nitrogens with two attached hydrogens (primary N) is 2. The number of primary sulfonamides is 2. The summed E-state index contributed by atoms with van der Waals surface area (Å²) in [7, 11) is -6.90. The van der Waals surface area contributed by atoms with Crippen molar-refractivity contribution in [2.45, 2.75) is 133 Å². The fraction of sp³-hybridized carbons (Fsp3) is 0.517. The van der Waals surface area contributed by atoms with Crippen molar-refractivity contribution < 1.29 is 99.9 Å². The van der Waals surface area contributed by atoms with E-state index in [1.807, 2.05) is 50.2 Å². The summed E-state index contributed by atoms with van der Waals surface area (Å²) in [5, 5.41) is 13.4. The predicted octanol–water partition coefficient (Wildman–Crippen LogP) is 11.6. The maximum absolute atomic E-state index is 12.0. The number of carbonyl (C=O) groups is 4. The van der Waals surface area contributed by atoms with Crippen molar-refractivity contribution in [3.05, 3.63) is 103 Å². The fourth-order valence-electron chi connectivity index (χ4n) is 10.3. The van der Waals surface area contributed by atoms with Crippen molar-refractivity contribution in [2.24, 2.45) is 39.9 Å². The number of hydrogen-bond acceptors (Lipinski definition) is 14. The van der Waals surface area contributed by atoms with Crippen LogP contribution in [0.3, 0.4) is 0 Å². The summed E-state index contributed by atoms with van der Waals surface area (Å²) in [6, 6.07) is 22.6. The minimum absolute atomic E-state index is 0.0441. The number of carbonyl (C=O) groups excluding carboxylic acids is 4. The van der Waals surface area contributed by atoms with Gasteiger partial charge in [-0.05, 0) is 144 Å². The molecule has 4 N–H and O–H groups in total. The summed E-state index contributed by atoms with van der Waals surface area (Å²) < 4.78 is 163. The number of benzene rings is 4. The quantitative estimate of drug-likeness (QED) is 0.0362. The average Bonchev–Trinajstić information content (AvgIpc) is 4.35. The molecule has 10 atom stereocenters. The number of ether oxygens (including phenoxy) is 6. The van der Waals surface area contributed by atoms with Gasteiger partial charge in [0.05, 0.1) is 29.3 Å². The summed E-state index contributed by atoms with van der Waals surface area (Å²) >= 11 is 0. The van der Waals surface area contributed by atoms with Gasteiger partial charge >= 0.3 is 36.2 Å². The van der Waals surface area contributed by atoms with Crippen LogP contribution in [0.25, 0.3) is 27.6 Å². The highest BCUT2D eigenvalue weighted by molar-refractivity contribution is 7.90. The van der Waals surface area contributed by atoms with Crippen LogP contribution < -0.4 is 19.8 Å². The number of hydrogen-bond donors (Lipinski definition) is 2. The molecule has 466 valence electrons. The van der Waals surface area contributed by atoms with Gasteiger partial charge in [-0.15, -0.1) is 0 Å². The van der Waals surface area contributed by atoms with Gasteiger partial charge in [-0.1, -0.05) is 89.4 Å². The zero-order valence-corrected chi connectivity index (χ0v) is 48.5. The van der Waals surface area contributed by atoms with Crippen LogP contribution in [0.4, 0.5) is 35.5 Å². The SMILES string of the molecule is C=CC(=O)OC1CC2CC1CC2S(N)(=O)=O.C=Cc1ccc2cc(OCC(=O)OCCC(F)(F)F)ccc2c1.CCC(C)C(=O)OC1CC2CC1CC2S(N)(=O)=O.CCC(C)c1ccc2cc(OCC(=O)OCCC(F)(F)F)ccc2c1.FF. The molecule has 0 amide bonds. The Kier molecular flexibility index (Phi) is 26.4. The molecular weight excluding hydrogens is 1160 g/mol. The lowest BCUT2D eigenvalue weighted by atomic mass is 9.96. The monoisotopic (exact) mass is 1240 g/mol. The van der Waals surface area contributed by atoms with Gasteiger partial charge in [0.15, 0.2) is 13.2 Å². The molecule has 0 aromatic heterocycles. The van der Waals surface area contributed by atoms with Gasteiger partial charge in [-0.25, -0.2) is 41.5 Å². The maximum atomic E-state index is 12.0. The zero-order valence-electron chi connectivity index (χ0n) is 46.9. The lowest BCUT2D eigenvalue weighted by Gasteiger charge is -2.27. The van der Waals surface area contributed by atoms with Crippen molar-refractivity contribution in [1.29, 1.82) is 0 Å². The summed E-state index contributed by atoms with van der Waals surface area (Å²) in [6.07, 6.45) is -2.67. The Bertz CT molecular complexity index is 3110. The molecule has 0 heterocycles. The molecule has 4 saturated carbocycles. The van der Waals surface area contributed by atoms with E-state index in [9.17, 15) is 62.4 Å². The number of halogens is 8. The molecule has 4 aromatic rings. The van der Waals surface area contributed by atoms with Crippen LogP contribution in [0.2, 0.25) is 0 Å². The van der Waals surface area contributed by atoms with E-state index in [-0.39, 0.29) is 47.8 Å². The summed E-state index contributed by atoms with van der Waals surface area (Å²) in [5.74, 6) is -0.538. The first-order valence-electron chi connectivity index (χ1n) is 27.0. The predicted molar refractivity (Wildman–Crippen MR) is 298 cm³/mol. The van der Waals surface area contributed by atoms with E-state index in [2.05, 4.69) is 48.6 Å². The molecule has 4 bridgehead atoms. The smallest absolute Gasteiger partial charge is 0.392 e. The van der Waals surface area contributed by atoms with Crippen LogP contribution in [0.15, 0.2) is 92.0 Å². The van der Waals surface area contributed by atoms with E-state index in [0.29, 0.717) is 43.1 Å². The van der Waals surface area contributed by atoms with Gasteiger partial charge in [0.1, 0.15) is 36.9 Å². The largest absolute Gasteiger partial charge is 0.482 e. The first kappa shape index (κ1) is 70.1. The van der Waals surface area contributed by atoms with Crippen LogP contribution in [0, 0.1) is 29.6 Å². The Labute approximate surface area is 483 Å². The highest BCUT2D eigenvalue weighted by atomic mass is 32.2. The molecule has 10 unspecified atom stereocenters. The topological polar surface area (TPSA) is 244 Å². The molecule has 26 heteroatoms. The molecule has 0 spiro atoms. The van der Waals surface area contributed by atoms with Crippen LogP contribution in [-0.2, 0) is 58.2 Å².